The van der Waals surface area contributed by atoms with E-state index in [9.17, 15) is 14.4 Å². The summed E-state index contributed by atoms with van der Waals surface area (Å²) >= 11 is 1.48. The van der Waals surface area contributed by atoms with Gasteiger partial charge in [0.15, 0.2) is 0 Å². The second kappa shape index (κ2) is 9.99. The van der Waals surface area contributed by atoms with Crippen LogP contribution in [0.5, 0.6) is 0 Å². The van der Waals surface area contributed by atoms with E-state index < -0.39 is 11.7 Å². The van der Waals surface area contributed by atoms with Crippen LogP contribution in [-0.2, 0) is 11.2 Å². The lowest BCUT2D eigenvalue weighted by Gasteiger charge is -2.10. The van der Waals surface area contributed by atoms with E-state index in [1.807, 2.05) is 60.0 Å². The highest BCUT2D eigenvalue weighted by Crippen LogP contribution is 2.28. The molecule has 0 unspecified atom stereocenters. The summed E-state index contributed by atoms with van der Waals surface area (Å²) in [6.07, 6.45) is 1.95. The van der Waals surface area contributed by atoms with E-state index in [1.165, 1.54) is 22.2 Å². The Morgan fingerprint density at radius 2 is 1.82 bits per heavy atom. The second-order valence-electron chi connectivity index (χ2n) is 8.95. The first kappa shape index (κ1) is 24.3. The minimum atomic E-state index is -0.835. The zero-order valence-electron chi connectivity index (χ0n) is 20.8. The number of hydrogen-bond acceptors (Lipinski definition) is 6. The van der Waals surface area contributed by atoms with Gasteiger partial charge in [0, 0.05) is 35.2 Å². The summed E-state index contributed by atoms with van der Waals surface area (Å²) in [5, 5.41) is 9.85. The van der Waals surface area contributed by atoms with Gasteiger partial charge < -0.3 is 10.3 Å². The normalized spacial score (nSPS) is 11.1. The minimum absolute atomic E-state index is 0.131. The van der Waals surface area contributed by atoms with Gasteiger partial charge in [-0.1, -0.05) is 54.6 Å². The van der Waals surface area contributed by atoms with Gasteiger partial charge in [-0.3, -0.25) is 19.4 Å². The first-order valence-electron chi connectivity index (χ1n) is 12.2. The molecule has 9 nitrogen and oxygen atoms in total. The van der Waals surface area contributed by atoms with E-state index in [1.54, 1.807) is 25.1 Å². The number of amides is 1. The van der Waals surface area contributed by atoms with Crippen LogP contribution in [0.15, 0.2) is 89.2 Å². The first-order chi connectivity index (χ1) is 19.0. The number of ketones is 1. The molecule has 4 aromatic heterocycles. The minimum Gasteiger partial charge on any atom is -0.360 e. The Kier molecular flexibility index (Phi) is 6.22. The van der Waals surface area contributed by atoms with Crippen molar-refractivity contribution in [3.05, 3.63) is 117 Å². The number of benzene rings is 2. The van der Waals surface area contributed by atoms with Gasteiger partial charge in [-0.05, 0) is 30.0 Å². The summed E-state index contributed by atoms with van der Waals surface area (Å²) in [6, 6.07) is 22.4. The third-order valence-electron chi connectivity index (χ3n) is 6.40. The molecule has 1 amide bonds. The molecular weight excluding hydrogens is 512 g/mol. The van der Waals surface area contributed by atoms with Gasteiger partial charge in [0.2, 0.25) is 5.95 Å². The van der Waals surface area contributed by atoms with Crippen LogP contribution in [0.25, 0.3) is 27.4 Å². The van der Waals surface area contributed by atoms with E-state index in [-0.39, 0.29) is 22.9 Å². The Morgan fingerprint density at radius 3 is 2.59 bits per heavy atom. The van der Waals surface area contributed by atoms with Crippen molar-refractivity contribution in [2.24, 2.45) is 0 Å². The summed E-state index contributed by atoms with van der Waals surface area (Å²) in [6.45, 7) is 1.76. The molecular formula is C29H22N6O3S. The largest absolute Gasteiger partial charge is 0.360 e. The van der Waals surface area contributed by atoms with Crippen LogP contribution in [0.2, 0.25) is 0 Å². The van der Waals surface area contributed by atoms with Crippen LogP contribution in [0.3, 0.4) is 0 Å². The maximum Gasteiger partial charge on any atom is 0.298 e. The highest BCUT2D eigenvalue weighted by Gasteiger charge is 2.23. The monoisotopic (exact) mass is 534 g/mol. The lowest BCUT2D eigenvalue weighted by molar-refractivity contribution is -0.112. The molecule has 3 N–H and O–H groups in total. The molecule has 0 spiro atoms. The van der Waals surface area contributed by atoms with Crippen molar-refractivity contribution < 1.29 is 9.59 Å². The topological polar surface area (TPSA) is 126 Å². The quantitative estimate of drug-likeness (QED) is 0.199. The van der Waals surface area contributed by atoms with Gasteiger partial charge in [-0.15, -0.1) is 11.3 Å². The van der Waals surface area contributed by atoms with E-state index in [0.717, 1.165) is 16.0 Å². The van der Waals surface area contributed by atoms with Crippen LogP contribution in [0, 0.1) is 6.92 Å². The standard InChI is InChI=1S/C29H22N6O3S/c1-17-20(14-18-8-3-2-4-9-18)27(37)33-29(31-17)35-25(15-23(34-35)24-12-7-13-39-24)32-28(38)26(36)21-16-30-22-11-6-5-10-19(21)22/h2-13,15-16,30H,14H2,1H3,(H,32,38)(H,31,33,37). The molecule has 0 aliphatic carbocycles. The molecule has 0 atom stereocenters. The van der Waals surface area contributed by atoms with E-state index >= 15 is 0 Å². The molecule has 10 heteroatoms. The highest BCUT2D eigenvalue weighted by molar-refractivity contribution is 7.13. The summed E-state index contributed by atoms with van der Waals surface area (Å²) in [5.74, 6) is -1.20. The number of nitrogens with one attached hydrogen (secondary N) is 3. The SMILES string of the molecule is Cc1nc(-n2nc(-c3cccs3)cc2NC(=O)C(=O)c2c[nH]c3ccccc23)[nH]c(=O)c1Cc1ccccc1. The Balaban J connectivity index is 1.36. The number of H-pyrrole nitrogens is 2. The van der Waals surface area contributed by atoms with E-state index in [4.69, 9.17) is 0 Å². The zero-order chi connectivity index (χ0) is 26.9. The second-order valence-corrected chi connectivity index (χ2v) is 9.90. The Bertz CT molecular complexity index is 1880. The maximum absolute atomic E-state index is 13.1. The molecule has 192 valence electrons. The zero-order valence-corrected chi connectivity index (χ0v) is 21.6. The van der Waals surface area contributed by atoms with Gasteiger partial charge >= 0.3 is 0 Å². The van der Waals surface area contributed by atoms with Crippen LogP contribution in [0.1, 0.15) is 27.2 Å². The molecule has 6 aromatic rings. The van der Waals surface area contributed by atoms with Crippen LogP contribution >= 0.6 is 11.3 Å². The lowest BCUT2D eigenvalue weighted by Crippen LogP contribution is -2.26. The Labute approximate surface area is 226 Å². The summed E-state index contributed by atoms with van der Waals surface area (Å²) in [4.78, 5) is 50.6. The van der Waals surface area contributed by atoms with Crippen molar-refractivity contribution in [2.45, 2.75) is 13.3 Å². The molecule has 0 aliphatic heterocycles. The fourth-order valence-corrected chi connectivity index (χ4v) is 5.12. The number of thiophene rings is 1. The smallest absolute Gasteiger partial charge is 0.298 e. The molecule has 0 radical (unpaired) electrons. The molecule has 4 heterocycles. The summed E-state index contributed by atoms with van der Waals surface area (Å²) < 4.78 is 1.34. The van der Waals surface area contributed by atoms with Crippen molar-refractivity contribution in [3.63, 3.8) is 0 Å². The number of carbonyl (C=O) groups excluding carboxylic acids is 2. The van der Waals surface area contributed by atoms with Gasteiger partial charge in [0.25, 0.3) is 17.2 Å². The number of aromatic nitrogens is 5. The third-order valence-corrected chi connectivity index (χ3v) is 7.29. The number of para-hydroxylation sites is 1. The number of aromatic amines is 2. The lowest BCUT2D eigenvalue weighted by atomic mass is 10.1. The van der Waals surface area contributed by atoms with Gasteiger partial charge in [-0.2, -0.15) is 9.78 Å². The third kappa shape index (κ3) is 4.69. The average molecular weight is 535 g/mol. The van der Waals surface area contributed by atoms with Crippen molar-refractivity contribution in [1.29, 1.82) is 0 Å². The van der Waals surface area contributed by atoms with Crippen LogP contribution in [0.4, 0.5) is 5.82 Å². The Hall–Kier alpha value is -5.09. The van der Waals surface area contributed by atoms with Gasteiger partial charge in [0.1, 0.15) is 11.5 Å². The van der Waals surface area contributed by atoms with Crippen LogP contribution < -0.4 is 10.9 Å². The highest BCUT2D eigenvalue weighted by atomic mass is 32.1. The van der Waals surface area contributed by atoms with Crippen molar-refractivity contribution in [1.82, 2.24) is 24.7 Å². The number of rotatable bonds is 7. The predicted octanol–water partition coefficient (Wildman–Crippen LogP) is 4.89. The number of Topliss-reactive ketones (excluding diaryl/α,β-unsaturated/α-hetero) is 1. The number of anilines is 1. The number of nitrogens with zero attached hydrogens (tertiary/aromatic N) is 3. The molecule has 0 fully saturated rings. The summed E-state index contributed by atoms with van der Waals surface area (Å²) in [7, 11) is 0. The van der Waals surface area contributed by atoms with E-state index in [0.29, 0.717) is 28.8 Å². The maximum atomic E-state index is 13.1. The fraction of sp³-hybridized carbons (Fsp3) is 0.0690. The first-order valence-corrected chi connectivity index (χ1v) is 13.1. The number of aryl methyl sites for hydroxylation is 1. The number of hydrogen-bond donors (Lipinski definition) is 3. The summed E-state index contributed by atoms with van der Waals surface area (Å²) in [5.41, 5.74) is 3.35. The molecule has 6 rings (SSSR count). The molecule has 2 aromatic carbocycles. The van der Waals surface area contributed by atoms with Crippen molar-refractivity contribution in [2.75, 3.05) is 5.32 Å². The molecule has 0 aliphatic rings. The molecule has 0 saturated carbocycles. The number of fused-ring (bicyclic) bond motifs is 1. The fourth-order valence-electron chi connectivity index (χ4n) is 4.44. The average Bonchev–Trinajstić information content (AvgIpc) is 3.71. The van der Waals surface area contributed by atoms with Gasteiger partial charge in [-0.25, -0.2) is 4.98 Å². The van der Waals surface area contributed by atoms with E-state index in [2.05, 4.69) is 25.4 Å². The number of carbonyl (C=O) groups is 2. The predicted molar refractivity (Wildman–Crippen MR) is 151 cm³/mol. The van der Waals surface area contributed by atoms with Crippen molar-refractivity contribution in [3.8, 4) is 16.5 Å². The van der Waals surface area contributed by atoms with Gasteiger partial charge in [0.05, 0.1) is 16.1 Å². The van der Waals surface area contributed by atoms with Crippen LogP contribution in [-0.4, -0.2) is 36.4 Å². The molecule has 0 bridgehead atoms. The molecule has 0 saturated heterocycles. The Morgan fingerprint density at radius 1 is 1.03 bits per heavy atom. The van der Waals surface area contributed by atoms with Crippen molar-refractivity contribution >= 4 is 39.7 Å². The molecule has 39 heavy (non-hydrogen) atoms.